The Hall–Kier alpha value is -2.74. The fourth-order valence-corrected chi connectivity index (χ4v) is 5.06. The lowest BCUT2D eigenvalue weighted by Crippen LogP contribution is -2.49. The highest BCUT2D eigenvalue weighted by Gasteiger charge is 2.32. The molecule has 0 aliphatic carbocycles. The number of sulfonamides is 1. The summed E-state index contributed by atoms with van der Waals surface area (Å²) in [6.07, 6.45) is 1.46. The zero-order valence-corrected chi connectivity index (χ0v) is 19.5. The molecule has 2 unspecified atom stereocenters. The molecule has 2 aromatic rings. The van der Waals surface area contributed by atoms with Crippen molar-refractivity contribution in [3.63, 3.8) is 0 Å². The number of nitrogens with one attached hydrogen (secondary N) is 1. The molecule has 0 spiro atoms. The molecule has 168 valence electrons. The van der Waals surface area contributed by atoms with Crippen molar-refractivity contribution in [1.82, 2.24) is 5.32 Å². The SMILES string of the molecule is CCC(C(=O)NC(C)c1ccc2c(c1)OCCO2)N(c1cc(C)cc(C)c1)S(C)(=O)=O. The summed E-state index contributed by atoms with van der Waals surface area (Å²) >= 11 is 0. The Bertz CT molecular complexity index is 1050. The minimum absolute atomic E-state index is 0.333. The monoisotopic (exact) mass is 446 g/mol. The summed E-state index contributed by atoms with van der Waals surface area (Å²) in [6.45, 7) is 8.46. The van der Waals surface area contributed by atoms with E-state index in [0.717, 1.165) is 22.9 Å². The van der Waals surface area contributed by atoms with Crippen LogP contribution >= 0.6 is 0 Å². The maximum atomic E-state index is 13.2. The van der Waals surface area contributed by atoms with Crippen LogP contribution in [0.1, 0.15) is 43.0 Å². The summed E-state index contributed by atoms with van der Waals surface area (Å²) in [5.74, 6) is 0.970. The zero-order valence-electron chi connectivity index (χ0n) is 18.6. The first-order chi connectivity index (χ1) is 14.6. The first-order valence-corrected chi connectivity index (χ1v) is 12.2. The molecule has 0 bridgehead atoms. The van der Waals surface area contributed by atoms with Crippen LogP contribution in [-0.4, -0.2) is 39.8 Å². The Labute approximate surface area is 184 Å². The van der Waals surface area contributed by atoms with Gasteiger partial charge < -0.3 is 14.8 Å². The summed E-state index contributed by atoms with van der Waals surface area (Å²) in [5.41, 5.74) is 3.21. The third kappa shape index (κ3) is 5.31. The van der Waals surface area contributed by atoms with E-state index in [1.807, 2.05) is 45.0 Å². The molecular formula is C23H30N2O5S. The predicted octanol–water partition coefficient (Wildman–Crippen LogP) is 3.50. The molecule has 0 radical (unpaired) electrons. The smallest absolute Gasteiger partial charge is 0.244 e. The fraction of sp³-hybridized carbons (Fsp3) is 0.435. The maximum Gasteiger partial charge on any atom is 0.244 e. The van der Waals surface area contributed by atoms with Gasteiger partial charge in [0.2, 0.25) is 15.9 Å². The number of amides is 1. The van der Waals surface area contributed by atoms with Crippen LogP contribution < -0.4 is 19.1 Å². The van der Waals surface area contributed by atoms with Crippen molar-refractivity contribution >= 4 is 21.6 Å². The number of carbonyl (C=O) groups excluding carboxylic acids is 1. The molecule has 31 heavy (non-hydrogen) atoms. The third-order valence-electron chi connectivity index (χ3n) is 5.22. The second-order valence-electron chi connectivity index (χ2n) is 7.96. The predicted molar refractivity (Wildman–Crippen MR) is 121 cm³/mol. The average molecular weight is 447 g/mol. The highest BCUT2D eigenvalue weighted by atomic mass is 32.2. The number of benzene rings is 2. The van der Waals surface area contributed by atoms with Crippen molar-refractivity contribution in [2.75, 3.05) is 23.8 Å². The minimum atomic E-state index is -3.68. The largest absolute Gasteiger partial charge is 0.486 e. The lowest BCUT2D eigenvalue weighted by molar-refractivity contribution is -0.122. The Kier molecular flexibility index (Phi) is 6.79. The van der Waals surface area contributed by atoms with Crippen molar-refractivity contribution in [1.29, 1.82) is 0 Å². The van der Waals surface area contributed by atoms with Crippen molar-refractivity contribution in [2.24, 2.45) is 0 Å². The van der Waals surface area contributed by atoms with Crippen molar-refractivity contribution in [3.8, 4) is 11.5 Å². The van der Waals surface area contributed by atoms with Crippen LogP contribution in [0.3, 0.4) is 0 Å². The van der Waals surface area contributed by atoms with E-state index in [2.05, 4.69) is 5.32 Å². The Morgan fingerprint density at radius 3 is 2.26 bits per heavy atom. The molecule has 2 atom stereocenters. The fourth-order valence-electron chi connectivity index (χ4n) is 3.86. The van der Waals surface area contributed by atoms with Crippen LogP contribution in [0, 0.1) is 13.8 Å². The van der Waals surface area contributed by atoms with Gasteiger partial charge in [0.25, 0.3) is 0 Å². The number of carbonyl (C=O) groups is 1. The first-order valence-electron chi connectivity index (χ1n) is 10.4. The van der Waals surface area contributed by atoms with Crippen molar-refractivity contribution in [3.05, 3.63) is 53.1 Å². The van der Waals surface area contributed by atoms with Gasteiger partial charge in [0, 0.05) is 0 Å². The summed E-state index contributed by atoms with van der Waals surface area (Å²) < 4.78 is 37.8. The first kappa shape index (κ1) is 22.9. The van der Waals surface area contributed by atoms with E-state index < -0.39 is 16.1 Å². The van der Waals surface area contributed by atoms with E-state index in [1.165, 1.54) is 4.31 Å². The molecule has 0 saturated carbocycles. The van der Waals surface area contributed by atoms with Gasteiger partial charge in [-0.05, 0) is 68.1 Å². The van der Waals surface area contributed by atoms with Gasteiger partial charge in [-0.15, -0.1) is 0 Å². The maximum absolute atomic E-state index is 13.2. The van der Waals surface area contributed by atoms with Crippen LogP contribution in [0.25, 0.3) is 0 Å². The lowest BCUT2D eigenvalue weighted by Gasteiger charge is -2.31. The van der Waals surface area contributed by atoms with E-state index in [4.69, 9.17) is 9.47 Å². The number of aryl methyl sites for hydroxylation is 2. The summed E-state index contributed by atoms with van der Waals surface area (Å²) in [7, 11) is -3.68. The van der Waals surface area contributed by atoms with Crippen molar-refractivity contribution < 1.29 is 22.7 Å². The van der Waals surface area contributed by atoms with Crippen LogP contribution in [0.15, 0.2) is 36.4 Å². The average Bonchev–Trinajstić information content (AvgIpc) is 2.69. The standard InChI is InChI=1S/C23H30N2O5S/c1-6-20(25(31(5,27)28)19-12-15(2)11-16(3)13-19)23(26)24-17(4)18-7-8-21-22(14-18)30-10-9-29-21/h7-8,11-14,17,20H,6,9-10H2,1-5H3,(H,24,26). The van der Waals surface area contributed by atoms with E-state index in [1.54, 1.807) is 19.1 Å². The van der Waals surface area contributed by atoms with Gasteiger partial charge in [-0.1, -0.05) is 19.1 Å². The number of ether oxygens (including phenoxy) is 2. The molecule has 1 heterocycles. The second-order valence-corrected chi connectivity index (χ2v) is 9.82. The topological polar surface area (TPSA) is 84.9 Å². The number of anilines is 1. The minimum Gasteiger partial charge on any atom is -0.486 e. The molecule has 8 heteroatoms. The molecule has 1 aliphatic heterocycles. The normalized spacial score (nSPS) is 15.1. The summed E-state index contributed by atoms with van der Waals surface area (Å²) in [5, 5.41) is 2.96. The molecule has 3 rings (SSSR count). The summed E-state index contributed by atoms with van der Waals surface area (Å²) in [4.78, 5) is 13.2. The van der Waals surface area contributed by atoms with E-state index in [0.29, 0.717) is 36.8 Å². The van der Waals surface area contributed by atoms with Crippen LogP contribution in [-0.2, 0) is 14.8 Å². The van der Waals surface area contributed by atoms with Gasteiger partial charge in [0.15, 0.2) is 11.5 Å². The number of fused-ring (bicyclic) bond motifs is 1. The Morgan fingerprint density at radius 2 is 1.68 bits per heavy atom. The molecule has 1 aliphatic rings. The Balaban J connectivity index is 1.86. The molecule has 0 saturated heterocycles. The number of rotatable bonds is 7. The molecule has 0 fully saturated rings. The van der Waals surface area contributed by atoms with Gasteiger partial charge in [-0.3, -0.25) is 9.10 Å². The van der Waals surface area contributed by atoms with E-state index in [9.17, 15) is 13.2 Å². The number of hydrogen-bond acceptors (Lipinski definition) is 5. The van der Waals surface area contributed by atoms with E-state index in [-0.39, 0.29) is 11.9 Å². The highest BCUT2D eigenvalue weighted by Crippen LogP contribution is 2.33. The third-order valence-corrected chi connectivity index (χ3v) is 6.40. The van der Waals surface area contributed by atoms with Gasteiger partial charge >= 0.3 is 0 Å². The van der Waals surface area contributed by atoms with Crippen LogP contribution in [0.2, 0.25) is 0 Å². The Morgan fingerprint density at radius 1 is 1.06 bits per heavy atom. The molecule has 0 aromatic heterocycles. The molecule has 2 aromatic carbocycles. The van der Waals surface area contributed by atoms with Crippen LogP contribution in [0.5, 0.6) is 11.5 Å². The van der Waals surface area contributed by atoms with E-state index >= 15 is 0 Å². The highest BCUT2D eigenvalue weighted by molar-refractivity contribution is 7.92. The molecule has 7 nitrogen and oxygen atoms in total. The zero-order chi connectivity index (χ0) is 22.8. The van der Waals surface area contributed by atoms with Gasteiger partial charge in [-0.2, -0.15) is 0 Å². The van der Waals surface area contributed by atoms with Gasteiger partial charge in [0.1, 0.15) is 19.3 Å². The molecular weight excluding hydrogens is 416 g/mol. The van der Waals surface area contributed by atoms with Gasteiger partial charge in [-0.25, -0.2) is 8.42 Å². The lowest BCUT2D eigenvalue weighted by atomic mass is 10.1. The molecule has 1 N–H and O–H groups in total. The quantitative estimate of drug-likeness (QED) is 0.704. The van der Waals surface area contributed by atoms with Crippen LogP contribution in [0.4, 0.5) is 5.69 Å². The number of hydrogen-bond donors (Lipinski definition) is 1. The molecule has 1 amide bonds. The number of nitrogens with zero attached hydrogens (tertiary/aromatic N) is 1. The van der Waals surface area contributed by atoms with Gasteiger partial charge in [0.05, 0.1) is 18.0 Å². The summed E-state index contributed by atoms with van der Waals surface area (Å²) in [6, 6.07) is 9.88. The second kappa shape index (κ2) is 9.18. The van der Waals surface area contributed by atoms with Crippen molar-refractivity contribution in [2.45, 2.75) is 46.2 Å².